The van der Waals surface area contributed by atoms with Gasteiger partial charge < -0.3 is 10.6 Å². The summed E-state index contributed by atoms with van der Waals surface area (Å²) >= 11 is 0. The summed E-state index contributed by atoms with van der Waals surface area (Å²) in [5.74, 6) is -0.134. The van der Waals surface area contributed by atoms with Crippen LogP contribution < -0.4 is 10.6 Å². The Morgan fingerprint density at radius 3 is 2.95 bits per heavy atom. The predicted molar refractivity (Wildman–Crippen MR) is 72.6 cm³/mol. The summed E-state index contributed by atoms with van der Waals surface area (Å²) in [5, 5.41) is 16.3. The number of nitro benzene ring substituents is 1. The number of nitro groups is 1. The maximum Gasteiger partial charge on any atom is 0.269 e. The highest BCUT2D eigenvalue weighted by Gasteiger charge is 2.11. The van der Waals surface area contributed by atoms with Gasteiger partial charge in [-0.15, -0.1) is 6.58 Å². The van der Waals surface area contributed by atoms with E-state index < -0.39 is 4.92 Å². The lowest BCUT2D eigenvalue weighted by Crippen LogP contribution is -2.41. The lowest BCUT2D eigenvalue weighted by atomic mass is 10.2. The molecule has 0 spiro atoms. The second-order valence-corrected chi connectivity index (χ2v) is 4.06. The maximum atomic E-state index is 11.6. The zero-order valence-corrected chi connectivity index (χ0v) is 10.8. The second kappa shape index (κ2) is 7.27. The SMILES string of the molecule is C=CCNC(=O)C(C)NCc1cccc([N+](=O)[O-])c1. The molecule has 0 saturated carbocycles. The van der Waals surface area contributed by atoms with Gasteiger partial charge in [-0.3, -0.25) is 14.9 Å². The molecule has 0 fully saturated rings. The van der Waals surface area contributed by atoms with Crippen LogP contribution in [0.15, 0.2) is 36.9 Å². The Bertz CT molecular complexity index is 474. The molecule has 2 N–H and O–H groups in total. The van der Waals surface area contributed by atoms with Crippen molar-refractivity contribution >= 4 is 11.6 Å². The summed E-state index contributed by atoms with van der Waals surface area (Å²) in [4.78, 5) is 21.8. The Balaban J connectivity index is 2.52. The van der Waals surface area contributed by atoms with E-state index in [0.29, 0.717) is 13.1 Å². The fraction of sp³-hybridized carbons (Fsp3) is 0.308. The quantitative estimate of drug-likeness (QED) is 0.442. The highest BCUT2D eigenvalue weighted by Crippen LogP contribution is 2.12. The molecule has 19 heavy (non-hydrogen) atoms. The summed E-state index contributed by atoms with van der Waals surface area (Å²) in [5.41, 5.74) is 0.806. The first-order valence-electron chi connectivity index (χ1n) is 5.90. The molecule has 0 aliphatic carbocycles. The molecule has 0 saturated heterocycles. The van der Waals surface area contributed by atoms with Crippen LogP contribution in [0.1, 0.15) is 12.5 Å². The Labute approximate surface area is 111 Å². The van der Waals surface area contributed by atoms with Gasteiger partial charge in [-0.2, -0.15) is 0 Å². The van der Waals surface area contributed by atoms with Crippen LogP contribution in [0.4, 0.5) is 5.69 Å². The summed E-state index contributed by atoms with van der Waals surface area (Å²) in [6, 6.07) is 5.94. The molecule has 0 aliphatic heterocycles. The third kappa shape index (κ3) is 4.89. The minimum atomic E-state index is -0.441. The van der Waals surface area contributed by atoms with E-state index in [2.05, 4.69) is 17.2 Å². The minimum absolute atomic E-state index is 0.0445. The number of carbonyl (C=O) groups is 1. The Kier molecular flexibility index (Phi) is 5.69. The average Bonchev–Trinajstić information content (AvgIpc) is 2.42. The summed E-state index contributed by atoms with van der Waals surface area (Å²) in [6.07, 6.45) is 1.60. The van der Waals surface area contributed by atoms with Crippen LogP contribution in [0.25, 0.3) is 0 Å². The molecule has 0 radical (unpaired) electrons. The van der Waals surface area contributed by atoms with Crippen LogP contribution in [0.2, 0.25) is 0 Å². The van der Waals surface area contributed by atoms with Gasteiger partial charge in [0.1, 0.15) is 0 Å². The van der Waals surface area contributed by atoms with E-state index in [9.17, 15) is 14.9 Å². The predicted octanol–water partition coefficient (Wildman–Crippen LogP) is 1.38. The maximum absolute atomic E-state index is 11.6. The van der Waals surface area contributed by atoms with Gasteiger partial charge >= 0.3 is 0 Å². The van der Waals surface area contributed by atoms with E-state index >= 15 is 0 Å². The Hall–Kier alpha value is -2.21. The van der Waals surface area contributed by atoms with Crippen LogP contribution in [-0.2, 0) is 11.3 Å². The van der Waals surface area contributed by atoms with Crippen molar-refractivity contribution in [1.29, 1.82) is 0 Å². The van der Waals surface area contributed by atoms with E-state index in [1.54, 1.807) is 25.1 Å². The van der Waals surface area contributed by atoms with Crippen LogP contribution >= 0.6 is 0 Å². The van der Waals surface area contributed by atoms with Gasteiger partial charge in [0.05, 0.1) is 11.0 Å². The molecule has 6 nitrogen and oxygen atoms in total. The van der Waals surface area contributed by atoms with Crippen molar-refractivity contribution in [2.24, 2.45) is 0 Å². The minimum Gasteiger partial charge on any atom is -0.351 e. The summed E-state index contributed by atoms with van der Waals surface area (Å²) in [6.45, 7) is 6.06. The van der Waals surface area contributed by atoms with Gasteiger partial charge in [0.15, 0.2) is 0 Å². The Morgan fingerprint density at radius 2 is 2.32 bits per heavy atom. The lowest BCUT2D eigenvalue weighted by Gasteiger charge is -2.13. The molecule has 0 bridgehead atoms. The third-order valence-corrected chi connectivity index (χ3v) is 2.55. The number of nitrogens with zero attached hydrogens (tertiary/aromatic N) is 1. The number of hydrogen-bond acceptors (Lipinski definition) is 4. The zero-order valence-electron chi connectivity index (χ0n) is 10.8. The fourth-order valence-corrected chi connectivity index (χ4v) is 1.47. The van der Waals surface area contributed by atoms with Crippen molar-refractivity contribution in [2.45, 2.75) is 19.5 Å². The molecule has 1 amide bonds. The Morgan fingerprint density at radius 1 is 1.58 bits per heavy atom. The van der Waals surface area contributed by atoms with Crippen molar-refractivity contribution in [3.8, 4) is 0 Å². The van der Waals surface area contributed by atoms with E-state index in [1.165, 1.54) is 12.1 Å². The van der Waals surface area contributed by atoms with Crippen molar-refractivity contribution < 1.29 is 9.72 Å². The molecule has 0 aliphatic rings. The summed E-state index contributed by atoms with van der Waals surface area (Å²) in [7, 11) is 0. The topological polar surface area (TPSA) is 84.3 Å². The number of benzene rings is 1. The van der Waals surface area contributed by atoms with E-state index in [-0.39, 0.29) is 17.6 Å². The largest absolute Gasteiger partial charge is 0.351 e. The average molecular weight is 263 g/mol. The molecule has 102 valence electrons. The van der Waals surface area contributed by atoms with Gasteiger partial charge in [-0.05, 0) is 12.5 Å². The molecular weight excluding hydrogens is 246 g/mol. The van der Waals surface area contributed by atoms with Crippen LogP contribution in [0.5, 0.6) is 0 Å². The molecule has 0 aromatic heterocycles. The van der Waals surface area contributed by atoms with Crippen LogP contribution in [0.3, 0.4) is 0 Å². The first-order valence-corrected chi connectivity index (χ1v) is 5.90. The first kappa shape index (κ1) is 14.8. The molecule has 1 atom stereocenters. The standard InChI is InChI=1S/C13H17N3O3/c1-3-7-14-13(17)10(2)15-9-11-5-4-6-12(8-11)16(18)19/h3-6,8,10,15H,1,7,9H2,2H3,(H,14,17). The monoisotopic (exact) mass is 263 g/mol. The fourth-order valence-electron chi connectivity index (χ4n) is 1.47. The smallest absolute Gasteiger partial charge is 0.269 e. The number of amides is 1. The highest BCUT2D eigenvalue weighted by molar-refractivity contribution is 5.81. The van der Waals surface area contributed by atoms with Crippen molar-refractivity contribution in [3.05, 3.63) is 52.6 Å². The summed E-state index contributed by atoms with van der Waals surface area (Å²) < 4.78 is 0. The molecular formula is C13H17N3O3. The number of carbonyl (C=O) groups excluding carboxylic acids is 1. The van der Waals surface area contributed by atoms with Crippen LogP contribution in [-0.4, -0.2) is 23.4 Å². The number of hydrogen-bond donors (Lipinski definition) is 2. The molecule has 6 heteroatoms. The van der Waals surface area contributed by atoms with Crippen molar-refractivity contribution in [2.75, 3.05) is 6.54 Å². The van der Waals surface area contributed by atoms with Crippen molar-refractivity contribution in [3.63, 3.8) is 0 Å². The second-order valence-electron chi connectivity index (χ2n) is 4.06. The number of rotatable bonds is 7. The van der Waals surface area contributed by atoms with Gasteiger partial charge in [0, 0.05) is 25.2 Å². The first-order chi connectivity index (χ1) is 9.04. The molecule has 1 aromatic carbocycles. The van der Waals surface area contributed by atoms with Crippen molar-refractivity contribution in [1.82, 2.24) is 10.6 Å². The normalized spacial score (nSPS) is 11.6. The zero-order chi connectivity index (χ0) is 14.3. The van der Waals surface area contributed by atoms with Gasteiger partial charge in [0.25, 0.3) is 5.69 Å². The van der Waals surface area contributed by atoms with Gasteiger partial charge in [-0.25, -0.2) is 0 Å². The molecule has 1 rings (SSSR count). The number of nitrogens with one attached hydrogen (secondary N) is 2. The third-order valence-electron chi connectivity index (χ3n) is 2.55. The molecule has 0 heterocycles. The van der Waals surface area contributed by atoms with Crippen LogP contribution in [0, 0.1) is 10.1 Å². The van der Waals surface area contributed by atoms with E-state index in [1.807, 2.05) is 0 Å². The molecule has 1 unspecified atom stereocenters. The highest BCUT2D eigenvalue weighted by atomic mass is 16.6. The van der Waals surface area contributed by atoms with Gasteiger partial charge in [-0.1, -0.05) is 18.2 Å². The molecule has 1 aromatic rings. The lowest BCUT2D eigenvalue weighted by molar-refractivity contribution is -0.384. The van der Waals surface area contributed by atoms with Gasteiger partial charge in [0.2, 0.25) is 5.91 Å². The van der Waals surface area contributed by atoms with E-state index in [4.69, 9.17) is 0 Å². The number of non-ortho nitro benzene ring substituents is 1. The van der Waals surface area contributed by atoms with E-state index in [0.717, 1.165) is 5.56 Å².